The molecule has 0 unspecified atom stereocenters. The number of hydrogen-bond donors (Lipinski definition) is 1. The number of anilines is 1. The van der Waals surface area contributed by atoms with Gasteiger partial charge >= 0.3 is 6.01 Å². The largest absolute Gasteiger partial charge is 0.421 e. The summed E-state index contributed by atoms with van der Waals surface area (Å²) in [5.41, 5.74) is 1.07. The van der Waals surface area contributed by atoms with Crippen molar-refractivity contribution in [3.05, 3.63) is 71.3 Å². The quantitative estimate of drug-likeness (QED) is 0.611. The molecule has 9 heteroatoms. The minimum Gasteiger partial charge on any atom is -0.421 e. The van der Waals surface area contributed by atoms with Crippen LogP contribution >= 0.6 is 0 Å². The van der Waals surface area contributed by atoms with Crippen molar-refractivity contribution in [2.45, 2.75) is 25.7 Å². The van der Waals surface area contributed by atoms with Gasteiger partial charge in [-0.25, -0.2) is 12.8 Å². The molecule has 0 spiro atoms. The van der Waals surface area contributed by atoms with Crippen LogP contribution in [0, 0.1) is 19.7 Å². The molecule has 0 radical (unpaired) electrons. The predicted octanol–water partition coefficient (Wildman–Crippen LogP) is 4.03. The lowest BCUT2D eigenvalue weighted by molar-refractivity contribution is 0.101. The van der Waals surface area contributed by atoms with E-state index in [4.69, 9.17) is 4.74 Å². The van der Waals surface area contributed by atoms with E-state index in [0.717, 1.165) is 0 Å². The lowest BCUT2D eigenvalue weighted by Gasteiger charge is -2.14. The highest BCUT2D eigenvalue weighted by molar-refractivity contribution is 7.92. The average molecular weight is 415 g/mol. The minimum atomic E-state index is -3.98. The number of carbonyl (C=O) groups is 1. The van der Waals surface area contributed by atoms with Crippen molar-refractivity contribution in [1.82, 2.24) is 9.97 Å². The summed E-state index contributed by atoms with van der Waals surface area (Å²) in [6.45, 7) is 4.51. The molecule has 1 aromatic heterocycles. The summed E-state index contributed by atoms with van der Waals surface area (Å²) in [6.07, 6.45) is 0. The summed E-state index contributed by atoms with van der Waals surface area (Å²) in [5, 5.41) is 0. The first kappa shape index (κ1) is 20.4. The zero-order valence-corrected chi connectivity index (χ0v) is 16.7. The molecule has 0 saturated heterocycles. The first-order valence-electron chi connectivity index (χ1n) is 8.59. The summed E-state index contributed by atoms with van der Waals surface area (Å²) in [4.78, 5) is 19.7. The van der Waals surface area contributed by atoms with E-state index in [1.165, 1.54) is 49.4 Å². The molecule has 1 N–H and O–H groups in total. The van der Waals surface area contributed by atoms with Gasteiger partial charge in [-0.15, -0.1) is 0 Å². The van der Waals surface area contributed by atoms with E-state index in [9.17, 15) is 17.6 Å². The van der Waals surface area contributed by atoms with Gasteiger partial charge in [-0.3, -0.25) is 9.52 Å². The number of para-hydroxylation sites is 1. The number of nitrogens with one attached hydrogen (secondary N) is 1. The number of carbonyl (C=O) groups excluding carboxylic acids is 1. The van der Waals surface area contributed by atoms with Crippen molar-refractivity contribution in [2.24, 2.45) is 0 Å². The first-order valence-corrected chi connectivity index (χ1v) is 10.1. The van der Waals surface area contributed by atoms with Crippen molar-refractivity contribution in [2.75, 3.05) is 4.72 Å². The smallest absolute Gasteiger partial charge is 0.322 e. The van der Waals surface area contributed by atoms with Gasteiger partial charge in [-0.2, -0.15) is 9.97 Å². The van der Waals surface area contributed by atoms with E-state index in [2.05, 4.69) is 14.7 Å². The van der Waals surface area contributed by atoms with Gasteiger partial charge in [0.2, 0.25) is 0 Å². The molecule has 0 aliphatic rings. The Kier molecular flexibility index (Phi) is 5.60. The Bertz CT molecular complexity index is 1170. The summed E-state index contributed by atoms with van der Waals surface area (Å²) in [6, 6.07) is 11.4. The van der Waals surface area contributed by atoms with Crippen molar-refractivity contribution in [3.8, 4) is 11.8 Å². The van der Waals surface area contributed by atoms with Gasteiger partial charge < -0.3 is 4.74 Å². The van der Waals surface area contributed by atoms with E-state index >= 15 is 0 Å². The normalized spacial score (nSPS) is 11.2. The maximum atomic E-state index is 13.8. The molecule has 2 aromatic carbocycles. The third kappa shape index (κ3) is 4.57. The Morgan fingerprint density at radius 3 is 2.31 bits per heavy atom. The lowest BCUT2D eigenvalue weighted by Crippen LogP contribution is -2.16. The fourth-order valence-corrected chi connectivity index (χ4v) is 3.80. The summed E-state index contributed by atoms with van der Waals surface area (Å²) >= 11 is 0. The zero-order valence-electron chi connectivity index (χ0n) is 15.9. The summed E-state index contributed by atoms with van der Waals surface area (Å²) < 4.78 is 47.1. The van der Waals surface area contributed by atoms with Crippen LogP contribution in [0.5, 0.6) is 11.8 Å². The van der Waals surface area contributed by atoms with Crippen LogP contribution in [0.2, 0.25) is 0 Å². The van der Waals surface area contributed by atoms with Crippen LogP contribution in [0.4, 0.5) is 10.1 Å². The van der Waals surface area contributed by atoms with Crippen molar-refractivity contribution in [1.29, 1.82) is 0 Å². The Hall–Kier alpha value is -3.33. The molecular formula is C20H18FN3O4S. The van der Waals surface area contributed by atoms with Crippen LogP contribution in [0.1, 0.15) is 28.7 Å². The predicted molar refractivity (Wildman–Crippen MR) is 105 cm³/mol. The maximum absolute atomic E-state index is 13.8. The number of halogens is 1. The van der Waals surface area contributed by atoms with E-state index in [0.29, 0.717) is 11.4 Å². The second kappa shape index (κ2) is 7.96. The monoisotopic (exact) mass is 415 g/mol. The maximum Gasteiger partial charge on any atom is 0.322 e. The first-order chi connectivity index (χ1) is 13.7. The highest BCUT2D eigenvalue weighted by atomic mass is 32.2. The van der Waals surface area contributed by atoms with E-state index < -0.39 is 15.8 Å². The van der Waals surface area contributed by atoms with Gasteiger partial charge in [0.1, 0.15) is 0 Å². The number of aromatic nitrogens is 2. The van der Waals surface area contributed by atoms with Crippen LogP contribution in [-0.2, 0) is 10.0 Å². The molecule has 1 heterocycles. The SMILES string of the molecule is CC(=O)c1cccc(S(=O)(=O)Nc2c(C)nc(Oc3ccccc3F)nc2C)c1. The molecular weight excluding hydrogens is 397 g/mol. The van der Waals surface area contributed by atoms with Gasteiger partial charge in [0.15, 0.2) is 17.3 Å². The Morgan fingerprint density at radius 2 is 1.69 bits per heavy atom. The Morgan fingerprint density at radius 1 is 1.03 bits per heavy atom. The van der Waals surface area contributed by atoms with Crippen LogP contribution < -0.4 is 9.46 Å². The summed E-state index contributed by atoms with van der Waals surface area (Å²) in [5.74, 6) is -0.852. The van der Waals surface area contributed by atoms with Crippen LogP contribution in [0.25, 0.3) is 0 Å². The number of rotatable bonds is 6. The number of sulfonamides is 1. The van der Waals surface area contributed by atoms with Crippen LogP contribution in [-0.4, -0.2) is 24.2 Å². The number of aryl methyl sites for hydroxylation is 2. The molecule has 29 heavy (non-hydrogen) atoms. The third-order valence-electron chi connectivity index (χ3n) is 4.08. The minimum absolute atomic E-state index is 0.0410. The molecule has 7 nitrogen and oxygen atoms in total. The van der Waals surface area contributed by atoms with E-state index in [1.807, 2.05) is 0 Å². The molecule has 150 valence electrons. The Balaban J connectivity index is 1.91. The topological polar surface area (TPSA) is 98.2 Å². The second-order valence-electron chi connectivity index (χ2n) is 6.27. The van der Waals surface area contributed by atoms with E-state index in [-0.39, 0.29) is 33.7 Å². The number of ketones is 1. The summed E-state index contributed by atoms with van der Waals surface area (Å²) in [7, 11) is -3.98. The molecule has 0 atom stereocenters. The Labute approximate surface area is 167 Å². The van der Waals surface area contributed by atoms with Crippen molar-refractivity contribution in [3.63, 3.8) is 0 Å². The zero-order chi connectivity index (χ0) is 21.2. The molecule has 0 aliphatic carbocycles. The van der Waals surface area contributed by atoms with Crippen molar-refractivity contribution >= 4 is 21.5 Å². The standard InChI is InChI=1S/C20H18FN3O4S/c1-12-19(24-29(26,27)16-8-6-7-15(11-16)14(3)25)13(2)23-20(22-12)28-18-10-5-4-9-17(18)21/h4-11,24H,1-3H3. The van der Waals surface area contributed by atoms with Crippen molar-refractivity contribution < 1.29 is 22.3 Å². The molecule has 3 aromatic rings. The lowest BCUT2D eigenvalue weighted by atomic mass is 10.2. The van der Waals surface area contributed by atoms with Crippen LogP contribution in [0.3, 0.4) is 0 Å². The molecule has 0 aliphatic heterocycles. The van der Waals surface area contributed by atoms with Gasteiger partial charge in [0.05, 0.1) is 22.0 Å². The average Bonchev–Trinajstić information content (AvgIpc) is 2.67. The van der Waals surface area contributed by atoms with Gasteiger partial charge in [0, 0.05) is 5.56 Å². The number of nitrogens with zero attached hydrogens (tertiary/aromatic N) is 2. The third-order valence-corrected chi connectivity index (χ3v) is 5.42. The van der Waals surface area contributed by atoms with Gasteiger partial charge in [-0.1, -0.05) is 24.3 Å². The number of benzene rings is 2. The highest BCUT2D eigenvalue weighted by Gasteiger charge is 2.20. The molecule has 0 fully saturated rings. The van der Waals surface area contributed by atoms with Crippen LogP contribution in [0.15, 0.2) is 53.4 Å². The second-order valence-corrected chi connectivity index (χ2v) is 7.96. The van der Waals surface area contributed by atoms with Gasteiger partial charge in [0.25, 0.3) is 10.0 Å². The molecule has 0 saturated carbocycles. The number of Topliss-reactive ketones (excluding diaryl/α,β-unsaturated/α-hetero) is 1. The number of ether oxygens (including phenoxy) is 1. The highest BCUT2D eigenvalue weighted by Crippen LogP contribution is 2.27. The fourth-order valence-electron chi connectivity index (χ4n) is 2.58. The molecule has 3 rings (SSSR count). The van der Waals surface area contributed by atoms with E-state index in [1.54, 1.807) is 19.9 Å². The fraction of sp³-hybridized carbons (Fsp3) is 0.150. The van der Waals surface area contributed by atoms with Gasteiger partial charge in [-0.05, 0) is 45.0 Å². The molecule has 0 bridgehead atoms. The number of hydrogen-bond acceptors (Lipinski definition) is 6. The molecule has 0 amide bonds.